The van der Waals surface area contributed by atoms with Crippen LogP contribution in [0.3, 0.4) is 0 Å². The van der Waals surface area contributed by atoms with E-state index < -0.39 is 5.97 Å². The van der Waals surface area contributed by atoms with Crippen LogP contribution in [0.4, 0.5) is 0 Å². The summed E-state index contributed by atoms with van der Waals surface area (Å²) in [7, 11) is 0. The fourth-order valence-electron chi connectivity index (χ4n) is 1.61. The number of carboxylic acid groups (broad SMARTS) is 1. The summed E-state index contributed by atoms with van der Waals surface area (Å²) in [6, 6.07) is 5.83. The molecule has 0 amide bonds. The van der Waals surface area contributed by atoms with Gasteiger partial charge in [0.2, 0.25) is 0 Å². The quantitative estimate of drug-likeness (QED) is 0.856. The van der Waals surface area contributed by atoms with Gasteiger partial charge in [-0.15, -0.1) is 0 Å². The Morgan fingerprint density at radius 1 is 1.53 bits per heavy atom. The van der Waals surface area contributed by atoms with Crippen molar-refractivity contribution in [1.29, 1.82) is 0 Å². The van der Waals surface area contributed by atoms with E-state index in [0.29, 0.717) is 0 Å². The Bertz CT molecular complexity index is 361. The molecular weight excluding hydrogens is 212 g/mol. The molecule has 0 bridgehead atoms. The van der Waals surface area contributed by atoms with Crippen molar-refractivity contribution in [2.45, 2.75) is 26.7 Å². The first-order chi connectivity index (χ1) is 6.99. The molecule has 0 saturated heterocycles. The van der Waals surface area contributed by atoms with Crippen LogP contribution in [0.1, 0.15) is 24.5 Å². The molecule has 0 aromatic heterocycles. The van der Waals surface area contributed by atoms with E-state index in [1.165, 1.54) is 0 Å². The molecule has 82 valence electrons. The maximum absolute atomic E-state index is 10.5. The van der Waals surface area contributed by atoms with Crippen LogP contribution in [-0.4, -0.2) is 11.1 Å². The molecule has 0 aliphatic rings. The van der Waals surface area contributed by atoms with Crippen molar-refractivity contribution >= 4 is 17.6 Å². The molecular formula is C12H15ClO2. The molecule has 0 spiro atoms. The van der Waals surface area contributed by atoms with E-state index in [4.69, 9.17) is 16.7 Å². The molecule has 0 saturated carbocycles. The molecule has 15 heavy (non-hydrogen) atoms. The topological polar surface area (TPSA) is 37.3 Å². The first-order valence-corrected chi connectivity index (χ1v) is 5.33. The Hall–Kier alpha value is -1.02. The summed E-state index contributed by atoms with van der Waals surface area (Å²) < 4.78 is 0. The monoisotopic (exact) mass is 226 g/mol. The van der Waals surface area contributed by atoms with E-state index in [0.717, 1.165) is 22.6 Å². The number of hydrogen-bond donors (Lipinski definition) is 1. The summed E-state index contributed by atoms with van der Waals surface area (Å²) in [5, 5.41) is 9.39. The highest BCUT2D eigenvalue weighted by Gasteiger charge is 2.08. The smallest absolute Gasteiger partial charge is 0.303 e. The van der Waals surface area contributed by atoms with Crippen molar-refractivity contribution in [1.82, 2.24) is 0 Å². The van der Waals surface area contributed by atoms with Crippen LogP contribution in [0.15, 0.2) is 18.2 Å². The SMILES string of the molecule is Cc1cc(CC(C)CC(=O)O)ccc1Cl. The van der Waals surface area contributed by atoms with Gasteiger partial charge in [0.1, 0.15) is 0 Å². The maximum Gasteiger partial charge on any atom is 0.303 e. The van der Waals surface area contributed by atoms with E-state index in [2.05, 4.69) is 0 Å². The zero-order chi connectivity index (χ0) is 11.4. The summed E-state index contributed by atoms with van der Waals surface area (Å²) in [6.45, 7) is 3.89. The van der Waals surface area contributed by atoms with E-state index in [-0.39, 0.29) is 12.3 Å². The van der Waals surface area contributed by atoms with Gasteiger partial charge in [0.15, 0.2) is 0 Å². The summed E-state index contributed by atoms with van der Waals surface area (Å²) in [5.74, 6) is -0.587. The molecule has 1 unspecified atom stereocenters. The van der Waals surface area contributed by atoms with E-state index in [1.807, 2.05) is 32.0 Å². The van der Waals surface area contributed by atoms with Crippen molar-refractivity contribution in [3.63, 3.8) is 0 Å². The molecule has 0 aliphatic carbocycles. The van der Waals surface area contributed by atoms with Crippen molar-refractivity contribution in [2.75, 3.05) is 0 Å². The minimum atomic E-state index is -0.742. The molecule has 3 heteroatoms. The van der Waals surface area contributed by atoms with Crippen LogP contribution >= 0.6 is 11.6 Å². The van der Waals surface area contributed by atoms with Gasteiger partial charge >= 0.3 is 5.97 Å². The number of carbonyl (C=O) groups is 1. The Morgan fingerprint density at radius 2 is 2.20 bits per heavy atom. The summed E-state index contributed by atoms with van der Waals surface area (Å²) in [6.07, 6.45) is 0.992. The Labute approximate surface area is 94.9 Å². The minimum absolute atomic E-state index is 0.156. The Balaban J connectivity index is 2.64. The van der Waals surface area contributed by atoms with E-state index in [1.54, 1.807) is 0 Å². The zero-order valence-electron chi connectivity index (χ0n) is 8.96. The van der Waals surface area contributed by atoms with Gasteiger partial charge in [0.25, 0.3) is 0 Å². The number of hydrogen-bond acceptors (Lipinski definition) is 1. The fraction of sp³-hybridized carbons (Fsp3) is 0.417. The highest BCUT2D eigenvalue weighted by Crippen LogP contribution is 2.19. The molecule has 0 heterocycles. The molecule has 0 aliphatic heterocycles. The first-order valence-electron chi connectivity index (χ1n) is 4.96. The average molecular weight is 227 g/mol. The number of halogens is 1. The standard InChI is InChI=1S/C12H15ClO2/c1-8(6-12(14)15)5-10-3-4-11(13)9(2)7-10/h3-4,7-8H,5-6H2,1-2H3,(H,14,15). The minimum Gasteiger partial charge on any atom is -0.481 e. The maximum atomic E-state index is 10.5. The summed E-state index contributed by atoms with van der Waals surface area (Å²) in [4.78, 5) is 10.5. The largest absolute Gasteiger partial charge is 0.481 e. The molecule has 1 rings (SSSR count). The lowest BCUT2D eigenvalue weighted by molar-refractivity contribution is -0.137. The van der Waals surface area contributed by atoms with Crippen LogP contribution in [0.5, 0.6) is 0 Å². The third-order valence-corrected chi connectivity index (χ3v) is 2.75. The van der Waals surface area contributed by atoms with Crippen LogP contribution in [-0.2, 0) is 11.2 Å². The number of aliphatic carboxylic acids is 1. The van der Waals surface area contributed by atoms with Crippen molar-refractivity contribution in [3.05, 3.63) is 34.3 Å². The molecule has 1 atom stereocenters. The number of rotatable bonds is 4. The lowest BCUT2D eigenvalue weighted by atomic mass is 9.97. The Morgan fingerprint density at radius 3 is 2.73 bits per heavy atom. The molecule has 1 aromatic carbocycles. The van der Waals surface area contributed by atoms with Gasteiger partial charge in [-0.25, -0.2) is 0 Å². The number of aryl methyl sites for hydroxylation is 1. The van der Waals surface area contributed by atoms with Crippen molar-refractivity contribution in [2.24, 2.45) is 5.92 Å². The average Bonchev–Trinajstić information content (AvgIpc) is 2.10. The van der Waals surface area contributed by atoms with E-state index in [9.17, 15) is 4.79 Å². The van der Waals surface area contributed by atoms with Crippen molar-refractivity contribution in [3.8, 4) is 0 Å². The van der Waals surface area contributed by atoms with Crippen LogP contribution in [0.2, 0.25) is 5.02 Å². The lowest BCUT2D eigenvalue weighted by Crippen LogP contribution is -2.07. The third kappa shape index (κ3) is 3.92. The van der Waals surface area contributed by atoms with Crippen LogP contribution in [0, 0.1) is 12.8 Å². The van der Waals surface area contributed by atoms with Gasteiger partial charge in [-0.05, 0) is 36.5 Å². The third-order valence-electron chi connectivity index (χ3n) is 2.33. The first kappa shape index (κ1) is 12.1. The highest BCUT2D eigenvalue weighted by molar-refractivity contribution is 6.31. The number of benzene rings is 1. The second kappa shape index (κ2) is 5.17. The fourth-order valence-corrected chi connectivity index (χ4v) is 1.72. The second-order valence-electron chi connectivity index (χ2n) is 3.99. The van der Waals surface area contributed by atoms with Crippen molar-refractivity contribution < 1.29 is 9.90 Å². The lowest BCUT2D eigenvalue weighted by Gasteiger charge is -2.09. The van der Waals surface area contributed by atoms with Gasteiger partial charge in [0, 0.05) is 11.4 Å². The van der Waals surface area contributed by atoms with E-state index >= 15 is 0 Å². The Kier molecular flexibility index (Phi) is 4.15. The predicted octanol–water partition coefficient (Wildman–Crippen LogP) is 3.30. The molecule has 1 N–H and O–H groups in total. The van der Waals surface area contributed by atoms with Gasteiger partial charge in [-0.2, -0.15) is 0 Å². The zero-order valence-corrected chi connectivity index (χ0v) is 9.71. The van der Waals surface area contributed by atoms with Gasteiger partial charge in [0.05, 0.1) is 0 Å². The summed E-state index contributed by atoms with van der Waals surface area (Å²) in [5.41, 5.74) is 2.18. The predicted molar refractivity (Wildman–Crippen MR) is 61.3 cm³/mol. The van der Waals surface area contributed by atoms with Crippen LogP contribution < -0.4 is 0 Å². The number of carboxylic acids is 1. The van der Waals surface area contributed by atoms with Gasteiger partial charge < -0.3 is 5.11 Å². The van der Waals surface area contributed by atoms with Gasteiger partial charge in [-0.1, -0.05) is 30.7 Å². The highest BCUT2D eigenvalue weighted by atomic mass is 35.5. The second-order valence-corrected chi connectivity index (χ2v) is 4.40. The molecule has 1 aromatic rings. The summed E-state index contributed by atoms with van der Waals surface area (Å²) >= 11 is 5.91. The normalized spacial score (nSPS) is 12.5. The molecule has 0 radical (unpaired) electrons. The van der Waals surface area contributed by atoms with Gasteiger partial charge in [-0.3, -0.25) is 4.79 Å². The molecule has 0 fully saturated rings. The molecule has 2 nitrogen and oxygen atoms in total. The van der Waals surface area contributed by atoms with Crippen LogP contribution in [0.25, 0.3) is 0 Å².